The predicted molar refractivity (Wildman–Crippen MR) is 109 cm³/mol. The number of fused-ring (bicyclic) bond motifs is 1. The molecule has 146 valence electrons. The van der Waals surface area contributed by atoms with Crippen molar-refractivity contribution in [2.75, 3.05) is 13.7 Å². The van der Waals surface area contributed by atoms with Crippen molar-refractivity contribution in [1.82, 2.24) is 4.57 Å². The molecule has 0 unspecified atom stereocenters. The quantitative estimate of drug-likeness (QED) is 0.573. The topological polar surface area (TPSA) is 69.9 Å². The summed E-state index contributed by atoms with van der Waals surface area (Å²) in [6.07, 6.45) is 0.147. The molecule has 8 heteroatoms. The maximum absolute atomic E-state index is 12.5. The Morgan fingerprint density at radius 3 is 2.61 bits per heavy atom. The predicted octanol–water partition coefficient (Wildman–Crippen LogP) is 3.60. The van der Waals surface area contributed by atoms with Gasteiger partial charge in [-0.1, -0.05) is 35.1 Å². The third-order valence-electron chi connectivity index (χ3n) is 3.97. The van der Waals surface area contributed by atoms with Crippen molar-refractivity contribution in [3.05, 3.63) is 57.9 Å². The number of benzene rings is 2. The van der Waals surface area contributed by atoms with E-state index in [1.807, 2.05) is 25.1 Å². The van der Waals surface area contributed by atoms with Crippen molar-refractivity contribution in [2.45, 2.75) is 19.9 Å². The second-order valence-electron chi connectivity index (χ2n) is 5.92. The third-order valence-corrected chi connectivity index (χ3v) is 5.26. The van der Waals surface area contributed by atoms with E-state index in [-0.39, 0.29) is 18.9 Å². The van der Waals surface area contributed by atoms with Crippen molar-refractivity contribution in [3.63, 3.8) is 0 Å². The van der Waals surface area contributed by atoms with Crippen molar-refractivity contribution >= 4 is 45.0 Å². The number of hydrogen-bond acceptors (Lipinski definition) is 5. The maximum atomic E-state index is 12.5. The van der Waals surface area contributed by atoms with Crippen molar-refractivity contribution < 1.29 is 19.1 Å². The lowest BCUT2D eigenvalue weighted by atomic mass is 10.1. The molecule has 0 N–H and O–H groups in total. The maximum Gasteiger partial charge on any atom is 0.325 e. The van der Waals surface area contributed by atoms with Gasteiger partial charge >= 0.3 is 5.97 Å². The average Bonchev–Trinajstić information content (AvgIpc) is 3.00. The van der Waals surface area contributed by atoms with E-state index in [0.717, 1.165) is 21.5 Å². The number of halogens is 1. The molecule has 0 spiro atoms. The Morgan fingerprint density at radius 1 is 1.18 bits per heavy atom. The number of thiazole rings is 1. The van der Waals surface area contributed by atoms with Crippen LogP contribution >= 0.6 is 22.9 Å². The van der Waals surface area contributed by atoms with E-state index >= 15 is 0 Å². The molecular formula is C20H19ClN2O4S. The summed E-state index contributed by atoms with van der Waals surface area (Å²) in [4.78, 5) is 29.0. The number of nitrogens with zero attached hydrogens (tertiary/aromatic N) is 2. The van der Waals surface area contributed by atoms with Gasteiger partial charge in [-0.05, 0) is 42.8 Å². The van der Waals surface area contributed by atoms with E-state index in [0.29, 0.717) is 16.4 Å². The van der Waals surface area contributed by atoms with Gasteiger partial charge in [-0.15, -0.1) is 0 Å². The Labute approximate surface area is 171 Å². The molecule has 1 amide bonds. The Bertz CT molecular complexity index is 1070. The number of rotatable bonds is 6. The van der Waals surface area contributed by atoms with E-state index in [2.05, 4.69) is 4.99 Å². The van der Waals surface area contributed by atoms with Crippen molar-refractivity contribution in [1.29, 1.82) is 0 Å². The first-order valence-corrected chi connectivity index (χ1v) is 9.84. The van der Waals surface area contributed by atoms with Crippen LogP contribution < -0.4 is 9.54 Å². The van der Waals surface area contributed by atoms with Gasteiger partial charge in [0.15, 0.2) is 4.80 Å². The number of amides is 1. The average molecular weight is 419 g/mol. The Morgan fingerprint density at radius 2 is 1.93 bits per heavy atom. The fraction of sp³-hybridized carbons (Fsp3) is 0.250. The highest BCUT2D eigenvalue weighted by molar-refractivity contribution is 7.16. The summed E-state index contributed by atoms with van der Waals surface area (Å²) < 4.78 is 12.9. The number of hydrogen-bond donors (Lipinski definition) is 0. The summed E-state index contributed by atoms with van der Waals surface area (Å²) >= 11 is 7.20. The number of carbonyl (C=O) groups is 2. The summed E-state index contributed by atoms with van der Waals surface area (Å²) in [6, 6.07) is 12.6. The molecule has 0 radical (unpaired) electrons. The first kappa shape index (κ1) is 20.1. The number of aromatic nitrogens is 1. The molecule has 0 atom stereocenters. The van der Waals surface area contributed by atoms with Gasteiger partial charge in [0.2, 0.25) is 0 Å². The van der Waals surface area contributed by atoms with E-state index < -0.39 is 5.97 Å². The normalized spacial score (nSPS) is 11.6. The van der Waals surface area contributed by atoms with Gasteiger partial charge in [0.1, 0.15) is 12.3 Å². The van der Waals surface area contributed by atoms with Gasteiger partial charge in [-0.2, -0.15) is 4.99 Å². The Kier molecular flexibility index (Phi) is 6.49. The Hall–Kier alpha value is -2.64. The minimum Gasteiger partial charge on any atom is -0.494 e. The fourth-order valence-electron chi connectivity index (χ4n) is 2.66. The van der Waals surface area contributed by atoms with Crippen LogP contribution in [0, 0.1) is 0 Å². The van der Waals surface area contributed by atoms with Crippen molar-refractivity contribution in [3.8, 4) is 5.75 Å². The van der Waals surface area contributed by atoms with Crippen LogP contribution in [0.4, 0.5) is 0 Å². The molecule has 2 aromatic carbocycles. The zero-order valence-corrected chi connectivity index (χ0v) is 17.0. The smallest absolute Gasteiger partial charge is 0.325 e. The van der Waals surface area contributed by atoms with Gasteiger partial charge in [-0.3, -0.25) is 9.59 Å². The summed E-state index contributed by atoms with van der Waals surface area (Å²) in [7, 11) is 1.33. The number of ether oxygens (including phenoxy) is 2. The number of methoxy groups -OCH3 is 1. The summed E-state index contributed by atoms with van der Waals surface area (Å²) in [6.45, 7) is 2.43. The van der Waals surface area contributed by atoms with Gasteiger partial charge in [-0.25, -0.2) is 0 Å². The van der Waals surface area contributed by atoms with E-state index in [9.17, 15) is 9.59 Å². The number of carbonyl (C=O) groups excluding carboxylic acids is 2. The first-order chi connectivity index (χ1) is 13.5. The molecule has 28 heavy (non-hydrogen) atoms. The van der Waals surface area contributed by atoms with Crippen LogP contribution in [0.15, 0.2) is 47.5 Å². The van der Waals surface area contributed by atoms with Crippen LogP contribution in [0.1, 0.15) is 12.5 Å². The van der Waals surface area contributed by atoms with Gasteiger partial charge < -0.3 is 14.0 Å². The molecular weight excluding hydrogens is 400 g/mol. The molecule has 0 saturated heterocycles. The molecule has 0 aliphatic heterocycles. The van der Waals surface area contributed by atoms with Gasteiger partial charge in [0.05, 0.1) is 30.4 Å². The standard InChI is InChI=1S/C20H19ClN2O4S/c1-3-27-15-8-9-16-17(11-15)28-20(23(16)12-19(25)26-2)22-18(24)10-13-4-6-14(21)7-5-13/h4-9,11H,3,10,12H2,1-2H3. The first-order valence-electron chi connectivity index (χ1n) is 8.65. The van der Waals surface area contributed by atoms with E-state index in [4.69, 9.17) is 21.1 Å². The Balaban J connectivity index is 1.99. The highest BCUT2D eigenvalue weighted by atomic mass is 35.5. The lowest BCUT2D eigenvalue weighted by Gasteiger charge is -2.05. The second kappa shape index (κ2) is 9.03. The van der Waals surface area contributed by atoms with Crippen LogP contribution in [0.3, 0.4) is 0 Å². The zero-order chi connectivity index (χ0) is 20.1. The molecule has 1 aromatic heterocycles. The molecule has 0 aliphatic carbocycles. The third kappa shape index (κ3) is 4.79. The summed E-state index contributed by atoms with van der Waals surface area (Å²) in [5.41, 5.74) is 1.61. The molecule has 3 rings (SSSR count). The monoisotopic (exact) mass is 418 g/mol. The van der Waals surface area contributed by atoms with Crippen LogP contribution in [-0.2, 0) is 27.3 Å². The van der Waals surface area contributed by atoms with Gasteiger partial charge in [0.25, 0.3) is 5.91 Å². The molecule has 0 aliphatic rings. The zero-order valence-electron chi connectivity index (χ0n) is 15.5. The molecule has 1 heterocycles. The summed E-state index contributed by atoms with van der Waals surface area (Å²) in [5.74, 6) is -0.00165. The van der Waals surface area contributed by atoms with Crippen LogP contribution in [0.25, 0.3) is 10.2 Å². The minimum absolute atomic E-state index is 0.0302. The lowest BCUT2D eigenvalue weighted by molar-refractivity contribution is -0.141. The second-order valence-corrected chi connectivity index (χ2v) is 7.36. The highest BCUT2D eigenvalue weighted by Gasteiger charge is 2.13. The minimum atomic E-state index is -0.416. The number of esters is 1. The molecule has 6 nitrogen and oxygen atoms in total. The fourth-order valence-corrected chi connectivity index (χ4v) is 3.87. The van der Waals surface area contributed by atoms with Gasteiger partial charge in [0, 0.05) is 5.02 Å². The van der Waals surface area contributed by atoms with E-state index in [1.54, 1.807) is 28.8 Å². The molecule has 0 fully saturated rings. The van der Waals surface area contributed by atoms with Crippen LogP contribution in [0.5, 0.6) is 5.75 Å². The lowest BCUT2D eigenvalue weighted by Crippen LogP contribution is -2.22. The molecule has 3 aromatic rings. The van der Waals surface area contributed by atoms with Crippen molar-refractivity contribution in [2.24, 2.45) is 4.99 Å². The molecule has 0 bridgehead atoms. The SMILES string of the molecule is CCOc1ccc2c(c1)sc(=NC(=O)Cc1ccc(Cl)cc1)n2CC(=O)OC. The van der Waals surface area contributed by atoms with Crippen LogP contribution in [-0.4, -0.2) is 30.2 Å². The largest absolute Gasteiger partial charge is 0.494 e. The summed E-state index contributed by atoms with van der Waals surface area (Å²) in [5, 5.41) is 0.610. The van der Waals surface area contributed by atoms with E-state index in [1.165, 1.54) is 18.4 Å². The molecule has 0 saturated carbocycles. The highest BCUT2D eigenvalue weighted by Crippen LogP contribution is 2.23. The van der Waals surface area contributed by atoms with Crippen LogP contribution in [0.2, 0.25) is 5.02 Å².